The first-order valence-electron chi connectivity index (χ1n) is 7.75. The molecule has 1 aliphatic carbocycles. The predicted molar refractivity (Wildman–Crippen MR) is 88.5 cm³/mol. The summed E-state index contributed by atoms with van der Waals surface area (Å²) in [7, 11) is 0. The Morgan fingerprint density at radius 3 is 2.67 bits per heavy atom. The molecule has 0 bridgehead atoms. The highest BCUT2D eigenvalue weighted by Gasteiger charge is 2.24. The van der Waals surface area contributed by atoms with Crippen LogP contribution in [0.5, 0.6) is 0 Å². The smallest absolute Gasteiger partial charge is 0.119 e. The summed E-state index contributed by atoms with van der Waals surface area (Å²) < 4.78 is 13.5. The Labute approximate surface area is 128 Å². The molecule has 0 amide bonds. The van der Waals surface area contributed by atoms with Crippen molar-refractivity contribution >= 4 is 0 Å². The van der Waals surface area contributed by atoms with E-state index in [-0.39, 0.29) is 11.4 Å². The lowest BCUT2D eigenvalue weighted by atomic mass is 10.0. The molecule has 0 aromatic heterocycles. The molecule has 114 valence electrons. The predicted octanol–water partition coefficient (Wildman–Crippen LogP) is 5.31. The highest BCUT2D eigenvalue weighted by Crippen LogP contribution is 2.36. The van der Waals surface area contributed by atoms with Crippen molar-refractivity contribution in [2.45, 2.75) is 45.6 Å². The molecule has 1 heterocycles. The van der Waals surface area contributed by atoms with Crippen LogP contribution in [0, 0.1) is 5.92 Å². The largest absolute Gasteiger partial charge is 0.363 e. The Kier molecular flexibility index (Phi) is 4.87. The number of halogens is 1. The molecule has 2 heteroatoms. The van der Waals surface area contributed by atoms with Crippen LogP contribution in [-0.4, -0.2) is 17.0 Å². The summed E-state index contributed by atoms with van der Waals surface area (Å²) >= 11 is 0. The van der Waals surface area contributed by atoms with Gasteiger partial charge in [-0.15, -0.1) is 0 Å². The van der Waals surface area contributed by atoms with E-state index >= 15 is 0 Å². The van der Waals surface area contributed by atoms with Crippen LogP contribution in [0.25, 0.3) is 0 Å². The third kappa shape index (κ3) is 4.73. The van der Waals surface area contributed by atoms with E-state index in [1.807, 2.05) is 6.08 Å². The van der Waals surface area contributed by atoms with Crippen LogP contribution in [0.15, 0.2) is 60.1 Å². The van der Waals surface area contributed by atoms with E-state index < -0.39 is 0 Å². The third-order valence-electron chi connectivity index (χ3n) is 3.90. The zero-order valence-corrected chi connectivity index (χ0v) is 13.4. The van der Waals surface area contributed by atoms with Gasteiger partial charge in [-0.1, -0.05) is 30.4 Å². The first kappa shape index (κ1) is 15.8. The molecular formula is C19H26FN. The van der Waals surface area contributed by atoms with Crippen molar-refractivity contribution in [3.63, 3.8) is 0 Å². The quantitative estimate of drug-likeness (QED) is 0.636. The van der Waals surface area contributed by atoms with E-state index in [0.717, 1.165) is 5.70 Å². The van der Waals surface area contributed by atoms with Crippen LogP contribution < -0.4 is 0 Å². The minimum absolute atomic E-state index is 0.0117. The average molecular weight is 287 g/mol. The Balaban J connectivity index is 2.23. The van der Waals surface area contributed by atoms with E-state index in [1.54, 1.807) is 12.2 Å². The van der Waals surface area contributed by atoms with E-state index in [9.17, 15) is 4.39 Å². The molecule has 2 rings (SSSR count). The van der Waals surface area contributed by atoms with Crippen LogP contribution in [0.1, 0.15) is 40.0 Å². The minimum atomic E-state index is -0.160. The Bertz CT molecular complexity index is 510. The maximum absolute atomic E-state index is 13.5. The van der Waals surface area contributed by atoms with Gasteiger partial charge in [-0.25, -0.2) is 4.39 Å². The summed E-state index contributed by atoms with van der Waals surface area (Å²) in [6.07, 6.45) is 14.6. The molecule has 2 aliphatic rings. The van der Waals surface area contributed by atoms with Crippen LogP contribution >= 0.6 is 0 Å². The number of nitrogens with zero attached hydrogens (tertiary/aromatic N) is 1. The van der Waals surface area contributed by atoms with Gasteiger partial charge in [0.25, 0.3) is 0 Å². The number of allylic oxidation sites excluding steroid dienone is 7. The second kappa shape index (κ2) is 6.46. The van der Waals surface area contributed by atoms with Gasteiger partial charge in [-0.05, 0) is 64.2 Å². The van der Waals surface area contributed by atoms with Crippen molar-refractivity contribution in [1.82, 2.24) is 4.90 Å². The molecule has 0 N–H and O–H groups in total. The average Bonchev–Trinajstić information content (AvgIpc) is 3.20. The van der Waals surface area contributed by atoms with Crippen molar-refractivity contribution in [2.24, 2.45) is 5.92 Å². The maximum atomic E-state index is 13.5. The van der Waals surface area contributed by atoms with Gasteiger partial charge in [0.1, 0.15) is 5.83 Å². The molecular weight excluding hydrogens is 261 g/mol. The molecule has 0 saturated heterocycles. The normalized spacial score (nSPS) is 27.1. The zero-order valence-electron chi connectivity index (χ0n) is 13.4. The van der Waals surface area contributed by atoms with E-state index in [4.69, 9.17) is 0 Å². The van der Waals surface area contributed by atoms with E-state index in [1.165, 1.54) is 18.4 Å². The van der Waals surface area contributed by atoms with E-state index in [2.05, 4.69) is 50.5 Å². The lowest BCUT2D eigenvalue weighted by Crippen LogP contribution is -2.40. The summed E-state index contributed by atoms with van der Waals surface area (Å²) in [5.74, 6) is 0.520. The highest BCUT2D eigenvalue weighted by atomic mass is 19.1. The second-order valence-corrected chi connectivity index (χ2v) is 6.82. The van der Waals surface area contributed by atoms with Crippen LogP contribution in [0.3, 0.4) is 0 Å². The third-order valence-corrected chi connectivity index (χ3v) is 3.90. The van der Waals surface area contributed by atoms with E-state index in [0.29, 0.717) is 18.9 Å². The highest BCUT2D eigenvalue weighted by molar-refractivity contribution is 5.31. The Morgan fingerprint density at radius 2 is 2.05 bits per heavy atom. The zero-order chi connectivity index (χ0) is 15.5. The maximum Gasteiger partial charge on any atom is 0.119 e. The van der Waals surface area contributed by atoms with Gasteiger partial charge >= 0.3 is 0 Å². The topological polar surface area (TPSA) is 3.24 Å². The minimum Gasteiger partial charge on any atom is -0.363 e. The van der Waals surface area contributed by atoms with Crippen molar-refractivity contribution in [3.8, 4) is 0 Å². The number of hydrogen-bond acceptors (Lipinski definition) is 1. The van der Waals surface area contributed by atoms with Crippen molar-refractivity contribution in [3.05, 3.63) is 60.1 Å². The fraction of sp³-hybridized carbons (Fsp3) is 0.474. The van der Waals surface area contributed by atoms with Crippen molar-refractivity contribution < 1.29 is 4.39 Å². The Hall–Kier alpha value is -1.57. The molecule has 0 unspecified atom stereocenters. The van der Waals surface area contributed by atoms with Gasteiger partial charge in [0, 0.05) is 17.8 Å². The summed E-state index contributed by atoms with van der Waals surface area (Å²) in [5.41, 5.74) is 2.34. The number of rotatable bonds is 3. The summed E-state index contributed by atoms with van der Waals surface area (Å²) in [5, 5.41) is 0. The summed E-state index contributed by atoms with van der Waals surface area (Å²) in [6, 6.07) is 0. The standard InChI is InChI=1S/C19H26FN/c1-15(16-11-12-16)10-13-18-9-5-7-17(20)8-6-14-21(18)19(2,3)4/h6-10,13,16H,1,5,11-12,14H2,2-4H3/b8-6-,13-10+,17-7+,18-9-. The summed E-state index contributed by atoms with van der Waals surface area (Å²) in [4.78, 5) is 2.30. The van der Waals surface area contributed by atoms with Gasteiger partial charge in [-0.3, -0.25) is 0 Å². The lowest BCUT2D eigenvalue weighted by Gasteiger charge is -2.38. The van der Waals surface area contributed by atoms with Gasteiger partial charge in [0.05, 0.1) is 0 Å². The molecule has 0 spiro atoms. The molecule has 21 heavy (non-hydrogen) atoms. The second-order valence-electron chi connectivity index (χ2n) is 6.82. The summed E-state index contributed by atoms with van der Waals surface area (Å²) in [6.45, 7) is 11.4. The molecule has 1 nitrogen and oxygen atoms in total. The molecule has 0 aromatic carbocycles. The van der Waals surface area contributed by atoms with Gasteiger partial charge in [0.15, 0.2) is 0 Å². The molecule has 0 radical (unpaired) electrons. The SMILES string of the molecule is C=C(/C=C/C1=C/C/C=C(F)\C=C/CN1C(C)(C)C)C1CC1. The van der Waals surface area contributed by atoms with Gasteiger partial charge < -0.3 is 4.90 Å². The first-order valence-corrected chi connectivity index (χ1v) is 7.75. The Morgan fingerprint density at radius 1 is 1.33 bits per heavy atom. The van der Waals surface area contributed by atoms with Crippen molar-refractivity contribution in [2.75, 3.05) is 6.54 Å². The monoisotopic (exact) mass is 287 g/mol. The van der Waals surface area contributed by atoms with Crippen molar-refractivity contribution in [1.29, 1.82) is 0 Å². The van der Waals surface area contributed by atoms with Crippen LogP contribution in [0.4, 0.5) is 4.39 Å². The number of hydrogen-bond donors (Lipinski definition) is 0. The van der Waals surface area contributed by atoms with Gasteiger partial charge in [0.2, 0.25) is 0 Å². The fourth-order valence-electron chi connectivity index (χ4n) is 2.45. The molecule has 0 atom stereocenters. The molecule has 1 saturated carbocycles. The van der Waals surface area contributed by atoms with Gasteiger partial charge in [-0.2, -0.15) is 0 Å². The molecule has 1 fully saturated rings. The van der Waals surface area contributed by atoms with Crippen LogP contribution in [0.2, 0.25) is 0 Å². The lowest BCUT2D eigenvalue weighted by molar-refractivity contribution is 0.211. The van der Waals surface area contributed by atoms with Crippen LogP contribution in [-0.2, 0) is 0 Å². The first-order chi connectivity index (χ1) is 9.88. The fourth-order valence-corrected chi connectivity index (χ4v) is 2.45. The molecule has 1 aliphatic heterocycles. The molecule has 0 aromatic rings.